The molecular formula is C26H38F4O2. The monoisotopic (exact) mass is 458 g/mol. The molecule has 2 aliphatic carbocycles. The van der Waals surface area contributed by atoms with Gasteiger partial charge in [-0.2, -0.15) is 8.78 Å². The third-order valence-electron chi connectivity index (χ3n) is 7.48. The topological polar surface area (TPSA) is 18.5 Å². The van der Waals surface area contributed by atoms with Crippen molar-refractivity contribution in [1.29, 1.82) is 0 Å². The smallest absolute Gasteiger partial charge is 0.281 e. The summed E-state index contributed by atoms with van der Waals surface area (Å²) in [6, 6.07) is 2.34. The molecule has 0 aromatic heterocycles. The second-order valence-corrected chi connectivity index (χ2v) is 9.82. The number of halogens is 4. The first-order valence-corrected chi connectivity index (χ1v) is 12.4. The Morgan fingerprint density at radius 1 is 0.781 bits per heavy atom. The zero-order chi connectivity index (χ0) is 23.1. The van der Waals surface area contributed by atoms with E-state index in [2.05, 4.69) is 6.92 Å². The fraction of sp³-hybridized carbons (Fsp3) is 0.769. The predicted molar refractivity (Wildman–Crippen MR) is 118 cm³/mol. The first-order valence-electron chi connectivity index (χ1n) is 12.4. The molecule has 32 heavy (non-hydrogen) atoms. The molecular weight excluding hydrogens is 420 g/mol. The van der Waals surface area contributed by atoms with Gasteiger partial charge in [-0.3, -0.25) is 0 Å². The molecule has 0 heterocycles. The van der Waals surface area contributed by atoms with Gasteiger partial charge in [-0.25, -0.2) is 8.78 Å². The van der Waals surface area contributed by atoms with Gasteiger partial charge in [0.25, 0.3) is 5.92 Å². The summed E-state index contributed by atoms with van der Waals surface area (Å²) >= 11 is 0. The summed E-state index contributed by atoms with van der Waals surface area (Å²) in [5.74, 6) is -4.03. The average molecular weight is 459 g/mol. The van der Waals surface area contributed by atoms with Gasteiger partial charge >= 0.3 is 0 Å². The Hall–Kier alpha value is -1.46. The second kappa shape index (κ2) is 11.6. The maximum atomic E-state index is 14.5. The first kappa shape index (κ1) is 25.2. The summed E-state index contributed by atoms with van der Waals surface area (Å²) in [4.78, 5) is 0. The lowest BCUT2D eigenvalue weighted by Crippen LogP contribution is -2.32. The minimum Gasteiger partial charge on any atom is -0.491 e. The van der Waals surface area contributed by atoms with Gasteiger partial charge in [0, 0.05) is 6.42 Å². The van der Waals surface area contributed by atoms with Crippen molar-refractivity contribution in [2.75, 3.05) is 13.2 Å². The molecule has 0 spiro atoms. The summed E-state index contributed by atoms with van der Waals surface area (Å²) in [6.45, 7) is 3.13. The number of rotatable bonds is 10. The standard InChI is InChI=1S/C26H38F4O2/c1-3-5-18-6-10-20(11-7-18)21-12-8-19(9-13-21)16-26(29,30)17-32-23-15-14-22(31-4-2)24(27)25(23)28/h14-15,18-21H,3-13,16-17H2,1-2H3. The Kier molecular flexibility index (Phi) is 9.13. The van der Waals surface area contributed by atoms with Crippen molar-refractivity contribution in [2.45, 2.75) is 90.4 Å². The van der Waals surface area contributed by atoms with Crippen LogP contribution in [0.2, 0.25) is 0 Å². The summed E-state index contributed by atoms with van der Waals surface area (Å²) < 4.78 is 67.0. The van der Waals surface area contributed by atoms with Gasteiger partial charge in [-0.15, -0.1) is 0 Å². The SMILES string of the molecule is CCCC1CCC(C2CCC(CC(F)(F)COc3ccc(OCC)c(F)c3F)CC2)CC1. The van der Waals surface area contributed by atoms with Crippen LogP contribution < -0.4 is 9.47 Å². The lowest BCUT2D eigenvalue weighted by Gasteiger charge is -2.38. The van der Waals surface area contributed by atoms with Crippen molar-refractivity contribution >= 4 is 0 Å². The highest BCUT2D eigenvalue weighted by Crippen LogP contribution is 2.44. The lowest BCUT2D eigenvalue weighted by molar-refractivity contribution is -0.0659. The molecule has 0 N–H and O–H groups in total. The molecule has 0 atom stereocenters. The molecule has 1 aromatic carbocycles. The van der Waals surface area contributed by atoms with Crippen molar-refractivity contribution in [1.82, 2.24) is 0 Å². The van der Waals surface area contributed by atoms with E-state index in [-0.39, 0.29) is 24.7 Å². The molecule has 182 valence electrons. The van der Waals surface area contributed by atoms with E-state index in [9.17, 15) is 17.6 Å². The molecule has 2 fully saturated rings. The molecule has 6 heteroatoms. The van der Waals surface area contributed by atoms with E-state index >= 15 is 0 Å². The Morgan fingerprint density at radius 3 is 1.78 bits per heavy atom. The Balaban J connectivity index is 1.43. The molecule has 2 saturated carbocycles. The van der Waals surface area contributed by atoms with Gasteiger partial charge in [-0.05, 0) is 81.3 Å². The second-order valence-electron chi connectivity index (χ2n) is 9.82. The lowest BCUT2D eigenvalue weighted by atomic mass is 9.68. The van der Waals surface area contributed by atoms with Crippen molar-refractivity contribution in [3.8, 4) is 11.5 Å². The van der Waals surface area contributed by atoms with Crippen molar-refractivity contribution < 1.29 is 27.0 Å². The molecule has 2 nitrogen and oxygen atoms in total. The minimum absolute atomic E-state index is 0.0387. The van der Waals surface area contributed by atoms with E-state index in [0.29, 0.717) is 5.92 Å². The quantitative estimate of drug-likeness (QED) is 0.329. The molecule has 3 rings (SSSR count). The number of alkyl halides is 2. The summed E-state index contributed by atoms with van der Waals surface area (Å²) in [5, 5.41) is 0. The van der Waals surface area contributed by atoms with Crippen LogP contribution in [0.3, 0.4) is 0 Å². The molecule has 0 amide bonds. The van der Waals surface area contributed by atoms with Gasteiger partial charge in [0.2, 0.25) is 11.6 Å². The van der Waals surface area contributed by atoms with Crippen LogP contribution in [0.5, 0.6) is 11.5 Å². The Morgan fingerprint density at radius 2 is 1.28 bits per heavy atom. The van der Waals surface area contributed by atoms with Gasteiger partial charge in [0.15, 0.2) is 18.1 Å². The molecule has 0 aliphatic heterocycles. The average Bonchev–Trinajstić information content (AvgIpc) is 2.78. The summed E-state index contributed by atoms with van der Waals surface area (Å²) in [5.41, 5.74) is 0. The highest BCUT2D eigenvalue weighted by molar-refractivity contribution is 5.35. The van der Waals surface area contributed by atoms with Gasteiger partial charge in [0.05, 0.1) is 6.61 Å². The van der Waals surface area contributed by atoms with Crippen LogP contribution in [-0.4, -0.2) is 19.1 Å². The van der Waals surface area contributed by atoms with Crippen LogP contribution in [0.1, 0.15) is 84.5 Å². The Labute approximate surface area is 190 Å². The molecule has 0 saturated heterocycles. The van der Waals surface area contributed by atoms with Crippen molar-refractivity contribution in [3.63, 3.8) is 0 Å². The number of benzene rings is 1. The van der Waals surface area contributed by atoms with Gasteiger partial charge in [0.1, 0.15) is 0 Å². The molecule has 2 aliphatic rings. The number of hydrogen-bond acceptors (Lipinski definition) is 2. The van der Waals surface area contributed by atoms with Crippen LogP contribution in [0.25, 0.3) is 0 Å². The third kappa shape index (κ3) is 6.77. The number of hydrogen-bond donors (Lipinski definition) is 0. The van der Waals surface area contributed by atoms with E-state index < -0.39 is 29.9 Å². The largest absolute Gasteiger partial charge is 0.491 e. The molecule has 0 bridgehead atoms. The highest BCUT2D eigenvalue weighted by atomic mass is 19.3. The minimum atomic E-state index is -3.07. The Bertz CT molecular complexity index is 708. The van der Waals surface area contributed by atoms with Gasteiger partial charge in [-0.1, -0.05) is 32.6 Å². The number of ether oxygens (including phenoxy) is 2. The summed E-state index contributed by atoms with van der Waals surface area (Å²) in [6.07, 6.45) is 11.3. The van der Waals surface area contributed by atoms with E-state index in [1.807, 2.05) is 0 Å². The van der Waals surface area contributed by atoms with Crippen molar-refractivity contribution in [3.05, 3.63) is 23.8 Å². The fourth-order valence-electron chi connectivity index (χ4n) is 5.78. The molecule has 1 aromatic rings. The van der Waals surface area contributed by atoms with Crippen molar-refractivity contribution in [2.24, 2.45) is 23.7 Å². The van der Waals surface area contributed by atoms with Crippen LogP contribution in [0.4, 0.5) is 17.6 Å². The van der Waals surface area contributed by atoms with E-state index in [4.69, 9.17) is 9.47 Å². The van der Waals surface area contributed by atoms with Crippen LogP contribution in [0.15, 0.2) is 12.1 Å². The normalized spacial score (nSPS) is 26.7. The van der Waals surface area contributed by atoms with Gasteiger partial charge < -0.3 is 9.47 Å². The third-order valence-corrected chi connectivity index (χ3v) is 7.48. The summed E-state index contributed by atoms with van der Waals surface area (Å²) in [7, 11) is 0. The zero-order valence-electron chi connectivity index (χ0n) is 19.5. The maximum absolute atomic E-state index is 14.5. The fourth-order valence-corrected chi connectivity index (χ4v) is 5.78. The molecule has 0 unspecified atom stereocenters. The molecule has 0 radical (unpaired) electrons. The van der Waals surface area contributed by atoms with Crippen LogP contribution >= 0.6 is 0 Å². The van der Waals surface area contributed by atoms with Crippen LogP contribution in [-0.2, 0) is 0 Å². The van der Waals surface area contributed by atoms with E-state index in [0.717, 1.165) is 43.6 Å². The zero-order valence-corrected chi connectivity index (χ0v) is 19.5. The predicted octanol–water partition coefficient (Wildman–Crippen LogP) is 8.18. The van der Waals surface area contributed by atoms with Crippen LogP contribution in [0, 0.1) is 35.3 Å². The highest BCUT2D eigenvalue weighted by Gasteiger charge is 2.37. The van der Waals surface area contributed by atoms with E-state index in [1.165, 1.54) is 44.6 Å². The maximum Gasteiger partial charge on any atom is 0.281 e. The van der Waals surface area contributed by atoms with E-state index in [1.54, 1.807) is 6.92 Å². The first-order chi connectivity index (χ1) is 15.3.